The zero-order valence-corrected chi connectivity index (χ0v) is 16.3. The van der Waals surface area contributed by atoms with E-state index in [4.69, 9.17) is 4.74 Å². The lowest BCUT2D eigenvalue weighted by atomic mass is 9.97. The summed E-state index contributed by atoms with van der Waals surface area (Å²) < 4.78 is 44.7. The van der Waals surface area contributed by atoms with E-state index in [0.29, 0.717) is 32.2 Å². The van der Waals surface area contributed by atoms with E-state index in [1.54, 1.807) is 13.8 Å². The number of esters is 1. The van der Waals surface area contributed by atoms with E-state index in [-0.39, 0.29) is 11.9 Å². The first-order valence-corrected chi connectivity index (χ1v) is 9.36. The van der Waals surface area contributed by atoms with Crippen LogP contribution in [0.2, 0.25) is 0 Å². The minimum Gasteiger partial charge on any atom is -0.466 e. The van der Waals surface area contributed by atoms with Gasteiger partial charge in [-0.05, 0) is 45.4 Å². The number of rotatable bonds is 7. The zero-order chi connectivity index (χ0) is 21.6. The SMILES string of the molecule is CCOC(=O)C1CCCN(C(C)C(=O)NCC(=O)Nc2ccc(F)c(F)c2F)C1. The van der Waals surface area contributed by atoms with Crippen LogP contribution in [-0.4, -0.2) is 55.0 Å². The van der Waals surface area contributed by atoms with Crippen molar-refractivity contribution in [3.8, 4) is 0 Å². The number of piperidine rings is 1. The molecule has 0 bridgehead atoms. The van der Waals surface area contributed by atoms with Crippen LogP contribution in [0.4, 0.5) is 18.9 Å². The van der Waals surface area contributed by atoms with Gasteiger partial charge in [0, 0.05) is 6.54 Å². The van der Waals surface area contributed by atoms with Crippen molar-refractivity contribution in [1.82, 2.24) is 10.2 Å². The van der Waals surface area contributed by atoms with Gasteiger partial charge in [-0.15, -0.1) is 0 Å². The van der Waals surface area contributed by atoms with Crippen LogP contribution in [0.5, 0.6) is 0 Å². The highest BCUT2D eigenvalue weighted by molar-refractivity contribution is 5.95. The maximum atomic E-state index is 13.6. The van der Waals surface area contributed by atoms with Crippen LogP contribution in [0.3, 0.4) is 0 Å². The first kappa shape index (κ1) is 22.7. The number of amides is 2. The van der Waals surface area contributed by atoms with Crippen molar-refractivity contribution >= 4 is 23.5 Å². The zero-order valence-electron chi connectivity index (χ0n) is 16.3. The second-order valence-corrected chi connectivity index (χ2v) is 6.75. The van der Waals surface area contributed by atoms with E-state index in [1.807, 2.05) is 4.90 Å². The molecule has 10 heteroatoms. The van der Waals surface area contributed by atoms with Gasteiger partial charge in [0.15, 0.2) is 17.5 Å². The van der Waals surface area contributed by atoms with Gasteiger partial charge in [0.2, 0.25) is 11.8 Å². The van der Waals surface area contributed by atoms with E-state index in [2.05, 4.69) is 10.6 Å². The van der Waals surface area contributed by atoms with E-state index < -0.39 is 47.5 Å². The molecule has 1 fully saturated rings. The fraction of sp³-hybridized carbons (Fsp3) is 0.526. The normalized spacial score (nSPS) is 18.0. The summed E-state index contributed by atoms with van der Waals surface area (Å²) in [6.45, 7) is 4.19. The van der Waals surface area contributed by atoms with Crippen molar-refractivity contribution in [1.29, 1.82) is 0 Å². The number of nitrogens with one attached hydrogen (secondary N) is 2. The lowest BCUT2D eigenvalue weighted by Crippen LogP contribution is -2.51. The third kappa shape index (κ3) is 5.93. The van der Waals surface area contributed by atoms with E-state index in [0.717, 1.165) is 12.5 Å². The molecule has 0 spiro atoms. The van der Waals surface area contributed by atoms with Crippen LogP contribution in [0.1, 0.15) is 26.7 Å². The predicted octanol–water partition coefficient (Wildman–Crippen LogP) is 1.82. The Labute approximate surface area is 166 Å². The number of carbonyl (C=O) groups excluding carboxylic acids is 3. The number of nitrogens with zero attached hydrogens (tertiary/aromatic N) is 1. The molecule has 2 atom stereocenters. The second kappa shape index (κ2) is 10.2. The summed E-state index contributed by atoms with van der Waals surface area (Å²) in [6.07, 6.45) is 1.42. The van der Waals surface area contributed by atoms with Crippen molar-refractivity contribution in [2.24, 2.45) is 5.92 Å². The Morgan fingerprint density at radius 2 is 1.97 bits per heavy atom. The molecule has 0 radical (unpaired) electrons. The lowest BCUT2D eigenvalue weighted by Gasteiger charge is -2.35. The minimum atomic E-state index is -1.69. The highest BCUT2D eigenvalue weighted by atomic mass is 19.2. The maximum Gasteiger partial charge on any atom is 0.310 e. The summed E-state index contributed by atoms with van der Waals surface area (Å²) in [6, 6.07) is 0.977. The van der Waals surface area contributed by atoms with Gasteiger partial charge in [0.25, 0.3) is 0 Å². The average Bonchev–Trinajstić information content (AvgIpc) is 2.72. The van der Waals surface area contributed by atoms with Gasteiger partial charge in [-0.25, -0.2) is 13.2 Å². The molecular weight excluding hydrogens is 391 g/mol. The number of likely N-dealkylation sites (tertiary alicyclic amines) is 1. The molecule has 1 saturated heterocycles. The van der Waals surface area contributed by atoms with Crippen LogP contribution in [0, 0.1) is 23.4 Å². The Morgan fingerprint density at radius 3 is 2.66 bits per heavy atom. The van der Waals surface area contributed by atoms with Gasteiger partial charge < -0.3 is 15.4 Å². The number of hydrogen-bond donors (Lipinski definition) is 2. The van der Waals surface area contributed by atoms with Gasteiger partial charge in [-0.3, -0.25) is 19.3 Å². The van der Waals surface area contributed by atoms with E-state index in [9.17, 15) is 27.6 Å². The fourth-order valence-corrected chi connectivity index (χ4v) is 3.11. The molecule has 2 rings (SSSR count). The first-order valence-electron chi connectivity index (χ1n) is 9.36. The van der Waals surface area contributed by atoms with E-state index in [1.165, 1.54) is 0 Å². The molecule has 2 amide bonds. The van der Waals surface area contributed by atoms with Crippen LogP contribution < -0.4 is 10.6 Å². The summed E-state index contributed by atoms with van der Waals surface area (Å²) in [5, 5.41) is 4.49. The van der Waals surface area contributed by atoms with Gasteiger partial charge in [0.05, 0.1) is 30.8 Å². The quantitative estimate of drug-likeness (QED) is 0.524. The second-order valence-electron chi connectivity index (χ2n) is 6.75. The molecule has 0 saturated carbocycles. The van der Waals surface area contributed by atoms with Crippen LogP contribution in [0.15, 0.2) is 12.1 Å². The third-order valence-corrected chi connectivity index (χ3v) is 4.73. The molecular formula is C19H24F3N3O4. The maximum absolute atomic E-state index is 13.6. The smallest absolute Gasteiger partial charge is 0.310 e. The largest absolute Gasteiger partial charge is 0.466 e. The Kier molecular flexibility index (Phi) is 8.00. The number of carbonyl (C=O) groups is 3. The summed E-state index contributed by atoms with van der Waals surface area (Å²) in [5.41, 5.74) is -0.524. The minimum absolute atomic E-state index is 0.291. The third-order valence-electron chi connectivity index (χ3n) is 4.73. The summed E-state index contributed by atoms with van der Waals surface area (Å²) in [5.74, 6) is -6.42. The van der Waals surface area contributed by atoms with Crippen molar-refractivity contribution < 1.29 is 32.3 Å². The molecule has 7 nitrogen and oxygen atoms in total. The molecule has 1 aliphatic rings. The van der Waals surface area contributed by atoms with Crippen LogP contribution in [-0.2, 0) is 19.1 Å². The van der Waals surface area contributed by atoms with Crippen molar-refractivity contribution in [2.45, 2.75) is 32.7 Å². The van der Waals surface area contributed by atoms with Crippen LogP contribution >= 0.6 is 0 Å². The van der Waals surface area contributed by atoms with Crippen molar-refractivity contribution in [3.63, 3.8) is 0 Å². The standard InChI is InChI=1S/C19H24F3N3O4/c1-3-29-19(28)12-5-4-8-25(10-12)11(2)18(27)23-9-15(26)24-14-7-6-13(20)16(21)17(14)22/h6-7,11-12H,3-5,8-10H2,1-2H3,(H,23,27)(H,24,26). The number of ether oxygens (including phenoxy) is 1. The van der Waals surface area contributed by atoms with Gasteiger partial charge in [-0.1, -0.05) is 0 Å². The topological polar surface area (TPSA) is 87.7 Å². The molecule has 1 aliphatic heterocycles. The summed E-state index contributed by atoms with van der Waals surface area (Å²) in [7, 11) is 0. The van der Waals surface area contributed by atoms with Crippen molar-refractivity contribution in [2.75, 3.05) is 31.6 Å². The summed E-state index contributed by atoms with van der Waals surface area (Å²) >= 11 is 0. The Morgan fingerprint density at radius 1 is 1.24 bits per heavy atom. The van der Waals surface area contributed by atoms with Crippen LogP contribution in [0.25, 0.3) is 0 Å². The van der Waals surface area contributed by atoms with Gasteiger partial charge >= 0.3 is 5.97 Å². The molecule has 2 unspecified atom stereocenters. The van der Waals surface area contributed by atoms with Crippen molar-refractivity contribution in [3.05, 3.63) is 29.6 Å². The van der Waals surface area contributed by atoms with E-state index >= 15 is 0 Å². The number of halogens is 3. The fourth-order valence-electron chi connectivity index (χ4n) is 3.11. The predicted molar refractivity (Wildman–Crippen MR) is 98.3 cm³/mol. The Hall–Kier alpha value is -2.62. The lowest BCUT2D eigenvalue weighted by molar-refractivity contribution is -0.151. The molecule has 29 heavy (non-hydrogen) atoms. The Bertz CT molecular complexity index is 775. The number of benzene rings is 1. The number of hydrogen-bond acceptors (Lipinski definition) is 5. The Balaban J connectivity index is 1.85. The molecule has 1 aromatic carbocycles. The molecule has 2 N–H and O–H groups in total. The molecule has 1 heterocycles. The monoisotopic (exact) mass is 415 g/mol. The highest BCUT2D eigenvalue weighted by Crippen LogP contribution is 2.21. The highest BCUT2D eigenvalue weighted by Gasteiger charge is 2.31. The number of anilines is 1. The van der Waals surface area contributed by atoms with Gasteiger partial charge in [-0.2, -0.15) is 0 Å². The average molecular weight is 415 g/mol. The van der Waals surface area contributed by atoms with Gasteiger partial charge in [0.1, 0.15) is 0 Å². The molecule has 1 aromatic rings. The molecule has 0 aliphatic carbocycles. The molecule has 0 aromatic heterocycles. The molecule has 160 valence electrons. The summed E-state index contributed by atoms with van der Waals surface area (Å²) in [4.78, 5) is 38.0. The first-order chi connectivity index (χ1) is 13.7.